The number of ether oxygens (including phenoxy) is 1. The van der Waals surface area contributed by atoms with Crippen LogP contribution in [0.2, 0.25) is 0 Å². The zero-order chi connectivity index (χ0) is 10.4. The summed E-state index contributed by atoms with van der Waals surface area (Å²) in [6.45, 7) is 0.310. The van der Waals surface area contributed by atoms with E-state index in [9.17, 15) is 5.11 Å². The first-order valence-electron chi connectivity index (χ1n) is 4.37. The topological polar surface area (TPSA) is 55.5 Å². The average Bonchev–Trinajstić information content (AvgIpc) is 2.15. The van der Waals surface area contributed by atoms with Crippen LogP contribution in [0.1, 0.15) is 0 Å². The van der Waals surface area contributed by atoms with Gasteiger partial charge in [0.05, 0.1) is 6.10 Å². The Balaban J connectivity index is 2.37. The summed E-state index contributed by atoms with van der Waals surface area (Å²) in [6, 6.07) is 7.19. The molecule has 0 heterocycles. The van der Waals surface area contributed by atoms with Crippen LogP contribution < -0.4 is 10.5 Å². The van der Waals surface area contributed by atoms with E-state index < -0.39 is 6.10 Å². The molecule has 0 aromatic heterocycles. The third-order valence-corrected chi connectivity index (χ3v) is 2.38. The lowest BCUT2D eigenvalue weighted by molar-refractivity contribution is 0.126. The van der Waals surface area contributed by atoms with E-state index >= 15 is 0 Å². The first kappa shape index (κ1) is 11.2. The van der Waals surface area contributed by atoms with Gasteiger partial charge in [-0.05, 0) is 18.4 Å². The lowest BCUT2D eigenvalue weighted by Crippen LogP contribution is -2.19. The van der Waals surface area contributed by atoms with Crippen LogP contribution in [0.15, 0.2) is 24.3 Å². The molecule has 3 nitrogen and oxygen atoms in total. The third kappa shape index (κ3) is 3.89. The Labute approximate surface area is 88.3 Å². The van der Waals surface area contributed by atoms with Crippen molar-refractivity contribution in [2.45, 2.75) is 6.10 Å². The number of thioether (sulfide) groups is 1. The van der Waals surface area contributed by atoms with Crippen molar-refractivity contribution in [1.82, 2.24) is 0 Å². The molecule has 1 atom stereocenters. The number of nitrogens with two attached hydrogens (primary N) is 1. The van der Waals surface area contributed by atoms with Crippen molar-refractivity contribution in [1.29, 1.82) is 0 Å². The first-order valence-corrected chi connectivity index (χ1v) is 5.77. The third-order valence-electron chi connectivity index (χ3n) is 1.66. The number of hydrogen-bond acceptors (Lipinski definition) is 4. The van der Waals surface area contributed by atoms with Crippen LogP contribution in [0.5, 0.6) is 5.75 Å². The van der Waals surface area contributed by atoms with E-state index in [1.807, 2.05) is 18.4 Å². The largest absolute Gasteiger partial charge is 0.491 e. The molecular weight excluding hydrogens is 198 g/mol. The number of aliphatic hydroxyl groups is 1. The van der Waals surface area contributed by atoms with Crippen LogP contribution in [-0.4, -0.2) is 29.8 Å². The molecule has 1 unspecified atom stereocenters. The van der Waals surface area contributed by atoms with E-state index in [1.165, 1.54) is 0 Å². The average molecular weight is 213 g/mol. The van der Waals surface area contributed by atoms with Gasteiger partial charge in [0.1, 0.15) is 12.4 Å². The minimum atomic E-state index is -0.425. The highest BCUT2D eigenvalue weighted by molar-refractivity contribution is 7.98. The van der Waals surface area contributed by atoms with Crippen molar-refractivity contribution in [3.05, 3.63) is 24.3 Å². The Morgan fingerprint density at radius 1 is 1.57 bits per heavy atom. The van der Waals surface area contributed by atoms with Gasteiger partial charge in [-0.25, -0.2) is 0 Å². The van der Waals surface area contributed by atoms with Crippen LogP contribution in [-0.2, 0) is 0 Å². The fourth-order valence-corrected chi connectivity index (χ4v) is 1.52. The van der Waals surface area contributed by atoms with Crippen molar-refractivity contribution in [3.63, 3.8) is 0 Å². The van der Waals surface area contributed by atoms with Gasteiger partial charge in [-0.2, -0.15) is 11.8 Å². The zero-order valence-corrected chi connectivity index (χ0v) is 8.96. The van der Waals surface area contributed by atoms with Crippen molar-refractivity contribution < 1.29 is 9.84 Å². The molecule has 0 aliphatic carbocycles. The Morgan fingerprint density at radius 2 is 2.36 bits per heavy atom. The highest BCUT2D eigenvalue weighted by atomic mass is 32.2. The summed E-state index contributed by atoms with van der Waals surface area (Å²) < 4.78 is 5.36. The lowest BCUT2D eigenvalue weighted by Gasteiger charge is -2.11. The van der Waals surface area contributed by atoms with Gasteiger partial charge in [-0.3, -0.25) is 0 Å². The molecule has 1 aromatic rings. The van der Waals surface area contributed by atoms with Crippen molar-refractivity contribution in [3.8, 4) is 5.75 Å². The lowest BCUT2D eigenvalue weighted by atomic mass is 10.3. The molecule has 3 N–H and O–H groups in total. The summed E-state index contributed by atoms with van der Waals surface area (Å²) in [5.41, 5.74) is 6.25. The maximum absolute atomic E-state index is 9.40. The van der Waals surface area contributed by atoms with Crippen molar-refractivity contribution in [2.24, 2.45) is 0 Å². The van der Waals surface area contributed by atoms with Crippen LogP contribution >= 0.6 is 11.8 Å². The van der Waals surface area contributed by atoms with E-state index in [-0.39, 0.29) is 0 Å². The predicted octanol–water partition coefficient (Wildman–Crippen LogP) is 1.37. The molecule has 1 aromatic carbocycles. The molecule has 14 heavy (non-hydrogen) atoms. The molecule has 0 saturated carbocycles. The molecule has 0 spiro atoms. The second-order valence-corrected chi connectivity index (χ2v) is 3.90. The highest BCUT2D eigenvalue weighted by Crippen LogP contribution is 2.14. The zero-order valence-electron chi connectivity index (χ0n) is 8.14. The van der Waals surface area contributed by atoms with Gasteiger partial charge >= 0.3 is 0 Å². The highest BCUT2D eigenvalue weighted by Gasteiger charge is 2.03. The summed E-state index contributed by atoms with van der Waals surface area (Å²) in [6.07, 6.45) is 1.52. The Kier molecular flexibility index (Phi) is 4.62. The minimum Gasteiger partial charge on any atom is -0.491 e. The van der Waals surface area contributed by atoms with Gasteiger partial charge < -0.3 is 15.6 Å². The second-order valence-electron chi connectivity index (χ2n) is 2.99. The Hall–Kier alpha value is -0.870. The molecule has 0 aliphatic heterocycles. The Morgan fingerprint density at radius 3 is 3.00 bits per heavy atom. The standard InChI is InChI=1S/C10H15NO2S/c1-14-7-9(12)6-13-10-4-2-3-8(11)5-10/h2-5,9,12H,6-7,11H2,1H3. The van der Waals surface area contributed by atoms with E-state index in [0.717, 1.165) is 0 Å². The summed E-state index contributed by atoms with van der Waals surface area (Å²) in [5.74, 6) is 1.38. The minimum absolute atomic E-state index is 0.310. The molecule has 78 valence electrons. The molecule has 4 heteroatoms. The Bertz CT molecular complexity index is 281. The number of benzene rings is 1. The van der Waals surface area contributed by atoms with Crippen molar-refractivity contribution >= 4 is 17.4 Å². The normalized spacial score (nSPS) is 12.4. The number of rotatable bonds is 5. The van der Waals surface area contributed by atoms with Crippen LogP contribution in [0.3, 0.4) is 0 Å². The van der Waals surface area contributed by atoms with E-state index in [0.29, 0.717) is 23.8 Å². The van der Waals surface area contributed by atoms with E-state index in [2.05, 4.69) is 0 Å². The monoisotopic (exact) mass is 213 g/mol. The maximum Gasteiger partial charge on any atom is 0.121 e. The van der Waals surface area contributed by atoms with Gasteiger partial charge in [0, 0.05) is 17.5 Å². The fourth-order valence-electron chi connectivity index (χ4n) is 1.04. The van der Waals surface area contributed by atoms with Crippen LogP contribution in [0, 0.1) is 0 Å². The molecule has 1 rings (SSSR count). The van der Waals surface area contributed by atoms with Crippen LogP contribution in [0.25, 0.3) is 0 Å². The van der Waals surface area contributed by atoms with Gasteiger partial charge in [-0.15, -0.1) is 0 Å². The summed E-state index contributed by atoms with van der Waals surface area (Å²) in [5, 5.41) is 9.40. The van der Waals surface area contributed by atoms with Gasteiger partial charge in [0.15, 0.2) is 0 Å². The van der Waals surface area contributed by atoms with Crippen LogP contribution in [0.4, 0.5) is 5.69 Å². The molecular formula is C10H15NO2S. The smallest absolute Gasteiger partial charge is 0.121 e. The quantitative estimate of drug-likeness (QED) is 0.725. The molecule has 0 saturated heterocycles. The van der Waals surface area contributed by atoms with Gasteiger partial charge in [-0.1, -0.05) is 6.07 Å². The first-order chi connectivity index (χ1) is 6.72. The van der Waals surface area contributed by atoms with Gasteiger partial charge in [0.25, 0.3) is 0 Å². The molecule has 0 fully saturated rings. The summed E-state index contributed by atoms with van der Waals surface area (Å²) in [4.78, 5) is 0. The van der Waals surface area contributed by atoms with E-state index in [1.54, 1.807) is 23.9 Å². The number of anilines is 1. The summed E-state index contributed by atoms with van der Waals surface area (Å²) >= 11 is 1.59. The number of aliphatic hydroxyl groups excluding tert-OH is 1. The summed E-state index contributed by atoms with van der Waals surface area (Å²) in [7, 11) is 0. The number of hydrogen-bond donors (Lipinski definition) is 2. The molecule has 0 radical (unpaired) electrons. The maximum atomic E-state index is 9.40. The molecule has 0 aliphatic rings. The van der Waals surface area contributed by atoms with Gasteiger partial charge in [0.2, 0.25) is 0 Å². The van der Waals surface area contributed by atoms with E-state index in [4.69, 9.17) is 10.5 Å². The number of nitrogen functional groups attached to an aromatic ring is 1. The predicted molar refractivity (Wildman–Crippen MR) is 60.7 cm³/mol. The molecule has 0 bridgehead atoms. The SMILES string of the molecule is CSCC(O)COc1cccc(N)c1. The fraction of sp³-hybridized carbons (Fsp3) is 0.400. The van der Waals surface area contributed by atoms with Crippen molar-refractivity contribution in [2.75, 3.05) is 24.3 Å². The second kappa shape index (κ2) is 5.78. The molecule has 0 amide bonds.